The number of carbonyl (C=O) groups excluding carboxylic acids is 2. The third-order valence-electron chi connectivity index (χ3n) is 5.22. The number of nitrogens with zero attached hydrogens (tertiary/aromatic N) is 1. The van der Waals surface area contributed by atoms with E-state index in [0.29, 0.717) is 53.3 Å². The third kappa shape index (κ3) is 7.12. The van der Waals surface area contributed by atoms with Crippen LogP contribution >= 0.6 is 12.2 Å². The first-order valence-electron chi connectivity index (χ1n) is 11.2. The molecule has 0 radical (unpaired) electrons. The Balaban J connectivity index is 1.41. The van der Waals surface area contributed by atoms with Gasteiger partial charge in [0.05, 0.1) is 10.9 Å². The first-order valence-corrected chi connectivity index (χ1v) is 11.7. The number of fused-ring (bicyclic) bond motifs is 1. The number of carbonyl (C=O) groups is 2. The van der Waals surface area contributed by atoms with Crippen molar-refractivity contribution in [2.75, 3.05) is 10.6 Å². The molecule has 0 aliphatic rings. The minimum atomic E-state index is -0.0871. The lowest BCUT2D eigenvalue weighted by Crippen LogP contribution is -2.22. The maximum atomic E-state index is 12.6. The topological polar surface area (TPSA) is 96.0 Å². The normalized spacial score (nSPS) is 11.0. The Bertz CT molecular complexity index is 1230. The summed E-state index contributed by atoms with van der Waals surface area (Å²) in [6.07, 6.45) is 3.15. The highest BCUT2D eigenvalue weighted by Crippen LogP contribution is 2.15. The SMILES string of the molecule is CC(C)CC(=O)Nc1ccc(NC(=O)CCCCCn2c(=S)[nH]c3ccccc3c2=O)cc1. The van der Waals surface area contributed by atoms with Crippen LogP contribution in [-0.4, -0.2) is 21.4 Å². The highest BCUT2D eigenvalue weighted by molar-refractivity contribution is 7.71. The van der Waals surface area contributed by atoms with Gasteiger partial charge in [-0.05, 0) is 67.4 Å². The molecule has 0 aliphatic carbocycles. The summed E-state index contributed by atoms with van der Waals surface area (Å²) in [6, 6.07) is 14.4. The van der Waals surface area contributed by atoms with Gasteiger partial charge >= 0.3 is 0 Å². The maximum Gasteiger partial charge on any atom is 0.262 e. The molecule has 3 aromatic rings. The number of hydrogen-bond donors (Lipinski definition) is 3. The van der Waals surface area contributed by atoms with Crippen LogP contribution in [0.3, 0.4) is 0 Å². The summed E-state index contributed by atoms with van der Waals surface area (Å²) in [5.74, 6) is 0.217. The molecular weight excluding hydrogens is 436 g/mol. The number of H-pyrrole nitrogens is 1. The number of unbranched alkanes of at least 4 members (excludes halogenated alkanes) is 2. The molecule has 1 heterocycles. The highest BCUT2D eigenvalue weighted by Gasteiger charge is 2.07. The van der Waals surface area contributed by atoms with Crippen LogP contribution in [0.1, 0.15) is 46.0 Å². The van der Waals surface area contributed by atoms with Gasteiger partial charge in [0.2, 0.25) is 11.8 Å². The number of aromatic amines is 1. The predicted molar refractivity (Wildman–Crippen MR) is 135 cm³/mol. The van der Waals surface area contributed by atoms with Gasteiger partial charge in [0.15, 0.2) is 4.77 Å². The fraction of sp³-hybridized carbons (Fsp3) is 0.360. The van der Waals surface area contributed by atoms with E-state index in [0.717, 1.165) is 18.4 Å². The molecule has 0 spiro atoms. The molecule has 8 heteroatoms. The van der Waals surface area contributed by atoms with Gasteiger partial charge in [0.25, 0.3) is 5.56 Å². The molecule has 0 saturated carbocycles. The Morgan fingerprint density at radius 1 is 0.939 bits per heavy atom. The number of hydrogen-bond acceptors (Lipinski definition) is 4. The monoisotopic (exact) mass is 466 g/mol. The van der Waals surface area contributed by atoms with E-state index in [2.05, 4.69) is 15.6 Å². The van der Waals surface area contributed by atoms with Crippen LogP contribution in [0.2, 0.25) is 0 Å². The second-order valence-corrected chi connectivity index (χ2v) is 8.90. The van der Waals surface area contributed by atoms with E-state index in [9.17, 15) is 14.4 Å². The van der Waals surface area contributed by atoms with Gasteiger partial charge in [0.1, 0.15) is 0 Å². The van der Waals surface area contributed by atoms with Crippen LogP contribution in [0.15, 0.2) is 53.3 Å². The largest absolute Gasteiger partial charge is 0.332 e. The Hall–Kier alpha value is -3.26. The van der Waals surface area contributed by atoms with E-state index in [1.54, 1.807) is 34.9 Å². The number of nitrogens with one attached hydrogen (secondary N) is 3. The fourth-order valence-electron chi connectivity index (χ4n) is 3.58. The summed E-state index contributed by atoms with van der Waals surface area (Å²) < 4.78 is 2.00. The minimum absolute atomic E-state index is 0.0196. The molecule has 3 N–H and O–H groups in total. The Kier molecular flexibility index (Phi) is 8.54. The van der Waals surface area contributed by atoms with Gasteiger partial charge < -0.3 is 15.6 Å². The molecule has 0 saturated heterocycles. The number of rotatable bonds is 10. The van der Waals surface area contributed by atoms with Gasteiger partial charge in [0, 0.05) is 30.8 Å². The van der Waals surface area contributed by atoms with Crippen LogP contribution in [0.5, 0.6) is 0 Å². The summed E-state index contributed by atoms with van der Waals surface area (Å²) in [4.78, 5) is 39.8. The van der Waals surface area contributed by atoms with E-state index in [1.165, 1.54) is 0 Å². The van der Waals surface area contributed by atoms with Crippen molar-refractivity contribution in [3.8, 4) is 0 Å². The number of amides is 2. The van der Waals surface area contributed by atoms with Gasteiger partial charge in [-0.25, -0.2) is 0 Å². The molecule has 174 valence electrons. The minimum Gasteiger partial charge on any atom is -0.332 e. The van der Waals surface area contributed by atoms with E-state index >= 15 is 0 Å². The van der Waals surface area contributed by atoms with E-state index in [-0.39, 0.29) is 17.4 Å². The highest BCUT2D eigenvalue weighted by atomic mass is 32.1. The first kappa shape index (κ1) is 24.4. The number of benzene rings is 2. The van der Waals surface area contributed by atoms with Gasteiger partial charge in [-0.15, -0.1) is 0 Å². The summed E-state index contributed by atoms with van der Waals surface area (Å²) in [5.41, 5.74) is 2.05. The molecule has 7 nitrogen and oxygen atoms in total. The standard InChI is InChI=1S/C25H30N4O3S/c1-17(2)16-23(31)27-19-13-11-18(12-14-19)26-22(30)10-4-3-7-15-29-24(32)20-8-5-6-9-21(20)28-25(29)33/h5-6,8-9,11-14,17H,3-4,7,10,15-16H2,1-2H3,(H,26,30)(H,27,31)(H,28,33). The van der Waals surface area contributed by atoms with Gasteiger partial charge in [-0.2, -0.15) is 0 Å². The number of anilines is 2. The van der Waals surface area contributed by atoms with E-state index in [1.807, 2.05) is 32.0 Å². The van der Waals surface area contributed by atoms with Gasteiger partial charge in [-0.3, -0.25) is 19.0 Å². The maximum absolute atomic E-state index is 12.6. The van der Waals surface area contributed by atoms with Crippen LogP contribution in [0, 0.1) is 10.7 Å². The average Bonchev–Trinajstić information content (AvgIpc) is 2.76. The zero-order chi connectivity index (χ0) is 23.8. The zero-order valence-corrected chi connectivity index (χ0v) is 19.8. The Labute approximate surface area is 198 Å². The molecule has 2 aromatic carbocycles. The van der Waals surface area contributed by atoms with Crippen molar-refractivity contribution in [1.29, 1.82) is 0 Å². The summed E-state index contributed by atoms with van der Waals surface area (Å²) >= 11 is 5.33. The second-order valence-electron chi connectivity index (χ2n) is 8.51. The van der Waals surface area contributed by atoms with Crippen molar-refractivity contribution in [2.24, 2.45) is 5.92 Å². The van der Waals surface area contributed by atoms with E-state index in [4.69, 9.17) is 12.2 Å². The third-order valence-corrected chi connectivity index (χ3v) is 5.54. The van der Waals surface area contributed by atoms with Crippen LogP contribution < -0.4 is 16.2 Å². The van der Waals surface area contributed by atoms with Gasteiger partial charge in [-0.1, -0.05) is 32.4 Å². The van der Waals surface area contributed by atoms with Crippen LogP contribution in [0.25, 0.3) is 10.9 Å². The molecular formula is C25H30N4O3S. The Morgan fingerprint density at radius 3 is 2.24 bits per heavy atom. The molecule has 0 unspecified atom stereocenters. The predicted octanol–water partition coefficient (Wildman–Crippen LogP) is 5.24. The number of para-hydroxylation sites is 1. The molecule has 0 bridgehead atoms. The molecule has 1 aromatic heterocycles. The van der Waals surface area contributed by atoms with Crippen molar-refractivity contribution < 1.29 is 9.59 Å². The summed E-state index contributed by atoms with van der Waals surface area (Å²) in [7, 11) is 0. The molecule has 3 rings (SSSR count). The van der Waals surface area contributed by atoms with Crippen molar-refractivity contribution in [3.63, 3.8) is 0 Å². The average molecular weight is 467 g/mol. The van der Waals surface area contributed by atoms with Crippen molar-refractivity contribution in [1.82, 2.24) is 9.55 Å². The lowest BCUT2D eigenvalue weighted by molar-refractivity contribution is -0.117. The lowest BCUT2D eigenvalue weighted by atomic mass is 10.1. The quantitative estimate of drug-likeness (QED) is 0.281. The van der Waals surface area contributed by atoms with Crippen molar-refractivity contribution in [3.05, 3.63) is 63.7 Å². The van der Waals surface area contributed by atoms with E-state index < -0.39 is 0 Å². The summed E-state index contributed by atoms with van der Waals surface area (Å²) in [6.45, 7) is 4.51. The van der Waals surface area contributed by atoms with Crippen molar-refractivity contribution in [2.45, 2.75) is 52.5 Å². The molecule has 33 heavy (non-hydrogen) atoms. The van der Waals surface area contributed by atoms with Crippen LogP contribution in [-0.2, 0) is 16.1 Å². The Morgan fingerprint density at radius 2 is 1.58 bits per heavy atom. The lowest BCUT2D eigenvalue weighted by Gasteiger charge is -2.09. The first-order chi connectivity index (χ1) is 15.8. The molecule has 2 amide bonds. The smallest absolute Gasteiger partial charge is 0.262 e. The fourth-order valence-corrected chi connectivity index (χ4v) is 3.86. The molecule has 0 fully saturated rings. The van der Waals surface area contributed by atoms with Crippen molar-refractivity contribution >= 4 is 46.3 Å². The number of aromatic nitrogens is 2. The van der Waals surface area contributed by atoms with Crippen LogP contribution in [0.4, 0.5) is 11.4 Å². The zero-order valence-electron chi connectivity index (χ0n) is 19.0. The summed E-state index contributed by atoms with van der Waals surface area (Å²) in [5, 5.41) is 6.34. The second kappa shape index (κ2) is 11.6. The molecule has 0 aliphatic heterocycles. The molecule has 0 atom stereocenters.